The van der Waals surface area contributed by atoms with Gasteiger partial charge in [0.1, 0.15) is 16.9 Å². The van der Waals surface area contributed by atoms with Crippen LogP contribution in [-0.2, 0) is 42.9 Å². The number of anilines is 4. The molecule has 0 aliphatic carbocycles. The summed E-state index contributed by atoms with van der Waals surface area (Å²) in [6.07, 6.45) is 5.42. The quantitative estimate of drug-likeness (QED) is 0.0435. The van der Waals surface area contributed by atoms with Gasteiger partial charge in [0.05, 0.1) is 94.1 Å². The molecule has 3 aliphatic rings. The third-order valence-electron chi connectivity index (χ3n) is 12.3. The number of imide groups is 1. The number of hydrogen-bond acceptors (Lipinski definition) is 18. The second kappa shape index (κ2) is 24.9. The Hall–Kier alpha value is -5.46. The van der Waals surface area contributed by atoms with E-state index in [2.05, 4.69) is 41.2 Å². The summed E-state index contributed by atoms with van der Waals surface area (Å²) in [5, 5.41) is 17.1. The lowest BCUT2D eigenvalue weighted by molar-refractivity contribution is -0.136. The minimum Gasteiger partial charge on any atom is -0.382 e. The lowest BCUT2D eigenvalue weighted by Gasteiger charge is -2.41. The number of aromatic nitrogens is 4. The number of benzene rings is 2. The number of amides is 4. The number of halogens is 1. The molecule has 1 unspecified atom stereocenters. The first-order valence-electron chi connectivity index (χ1n) is 23.1. The highest BCUT2D eigenvalue weighted by molar-refractivity contribution is 7.99. The fourth-order valence-corrected chi connectivity index (χ4v) is 9.46. The fraction of sp³-hybridized carbons (Fsp3) is 0.522. The summed E-state index contributed by atoms with van der Waals surface area (Å²) in [6, 6.07) is 9.78. The third-order valence-corrected chi connectivity index (χ3v) is 13.9. The Morgan fingerprint density at radius 1 is 0.913 bits per heavy atom. The van der Waals surface area contributed by atoms with E-state index in [1.54, 1.807) is 42.6 Å². The van der Waals surface area contributed by atoms with Gasteiger partial charge in [-0.2, -0.15) is 5.10 Å². The molecular formula is C46H60ClN11O10S. The lowest BCUT2D eigenvalue weighted by Crippen LogP contribution is -2.50. The van der Waals surface area contributed by atoms with Crippen molar-refractivity contribution in [1.82, 2.24) is 30.4 Å². The molecule has 7 rings (SSSR count). The number of nitrogens with zero attached hydrogens (tertiary/aromatic N) is 5. The predicted molar refractivity (Wildman–Crippen MR) is 259 cm³/mol. The number of carbonyl (C=O) groups is 4. The Bertz CT molecular complexity index is 2490. The van der Waals surface area contributed by atoms with E-state index in [9.17, 15) is 24.0 Å². The molecule has 8 N–H and O–H groups in total. The second-order valence-electron chi connectivity index (χ2n) is 16.9. The molecule has 0 bridgehead atoms. The molecule has 2 aromatic carbocycles. The normalized spacial score (nSPS) is 18.9. The van der Waals surface area contributed by atoms with Gasteiger partial charge in [0.25, 0.3) is 11.5 Å². The van der Waals surface area contributed by atoms with Crippen LogP contribution in [0.15, 0.2) is 63.5 Å². The van der Waals surface area contributed by atoms with Crippen molar-refractivity contribution in [3.63, 3.8) is 0 Å². The van der Waals surface area contributed by atoms with Crippen molar-refractivity contribution < 1.29 is 42.9 Å². The first-order chi connectivity index (χ1) is 33.4. The smallest absolute Gasteiger partial charge is 0.277 e. The summed E-state index contributed by atoms with van der Waals surface area (Å²) in [7, 11) is 0. The molecule has 23 heteroatoms. The summed E-state index contributed by atoms with van der Waals surface area (Å²) >= 11 is 7.95. The maximum atomic E-state index is 13.3. The zero-order chi connectivity index (χ0) is 48.8. The van der Waals surface area contributed by atoms with Crippen LogP contribution in [0.25, 0.3) is 10.8 Å². The number of nitrogens with two attached hydrogens (primary N) is 2. The molecule has 69 heavy (non-hydrogen) atoms. The van der Waals surface area contributed by atoms with Gasteiger partial charge in [-0.3, -0.25) is 29.3 Å². The highest BCUT2D eigenvalue weighted by Gasteiger charge is 2.47. The number of fused-ring (bicyclic) bond motifs is 1. The maximum Gasteiger partial charge on any atom is 0.277 e. The van der Waals surface area contributed by atoms with Gasteiger partial charge in [0.15, 0.2) is 5.82 Å². The summed E-state index contributed by atoms with van der Waals surface area (Å²) in [4.78, 5) is 74.4. The Balaban J connectivity index is 0.688. The first kappa shape index (κ1) is 51.4. The highest BCUT2D eigenvalue weighted by Crippen LogP contribution is 2.43. The number of piperidine rings is 2. The van der Waals surface area contributed by atoms with E-state index in [1.165, 1.54) is 18.0 Å². The van der Waals surface area contributed by atoms with Crippen LogP contribution in [0.2, 0.25) is 5.02 Å². The molecule has 3 aliphatic heterocycles. The molecule has 0 saturated carbocycles. The summed E-state index contributed by atoms with van der Waals surface area (Å²) in [5.74, 6) is -0.569. The number of hydrogen-bond donors (Lipinski definition) is 6. The Labute approximate surface area is 408 Å². The van der Waals surface area contributed by atoms with Crippen molar-refractivity contribution >= 4 is 80.8 Å². The third kappa shape index (κ3) is 13.7. The molecule has 5 heterocycles. The van der Waals surface area contributed by atoms with E-state index in [0.717, 1.165) is 30.6 Å². The van der Waals surface area contributed by atoms with Crippen LogP contribution in [0.3, 0.4) is 0 Å². The summed E-state index contributed by atoms with van der Waals surface area (Å²) < 4.78 is 29.3. The molecule has 372 valence electrons. The van der Waals surface area contributed by atoms with Crippen LogP contribution in [0.1, 0.15) is 51.5 Å². The fourth-order valence-electron chi connectivity index (χ4n) is 8.36. The van der Waals surface area contributed by atoms with Crippen LogP contribution in [0.4, 0.5) is 23.0 Å². The van der Waals surface area contributed by atoms with Gasteiger partial charge in [-0.25, -0.2) is 14.6 Å². The van der Waals surface area contributed by atoms with Crippen molar-refractivity contribution in [3.05, 3.63) is 64.2 Å². The predicted octanol–water partition coefficient (Wildman–Crippen LogP) is 2.90. The monoisotopic (exact) mass is 993 g/mol. The van der Waals surface area contributed by atoms with Crippen LogP contribution in [0.5, 0.6) is 0 Å². The molecule has 4 amide bonds. The van der Waals surface area contributed by atoms with Crippen LogP contribution in [-0.4, -0.2) is 141 Å². The zero-order valence-corrected chi connectivity index (χ0v) is 40.1. The van der Waals surface area contributed by atoms with Crippen molar-refractivity contribution in [2.75, 3.05) is 107 Å². The average Bonchev–Trinajstić information content (AvgIpc) is 3.61. The lowest BCUT2D eigenvalue weighted by atomic mass is 9.73. The number of rotatable bonds is 24. The largest absolute Gasteiger partial charge is 0.382 e. The zero-order valence-electron chi connectivity index (χ0n) is 38.5. The van der Waals surface area contributed by atoms with Crippen molar-refractivity contribution in [2.24, 2.45) is 11.1 Å². The Morgan fingerprint density at radius 2 is 1.58 bits per heavy atom. The summed E-state index contributed by atoms with van der Waals surface area (Å²) in [6.45, 7) is 7.79. The molecule has 3 saturated heterocycles. The number of carbonyl (C=O) groups excluding carboxylic acids is 4. The molecule has 4 aromatic rings. The van der Waals surface area contributed by atoms with Gasteiger partial charge < -0.3 is 56.0 Å². The van der Waals surface area contributed by atoms with Gasteiger partial charge in [-0.15, -0.1) is 0 Å². The second-order valence-corrected chi connectivity index (χ2v) is 18.3. The number of nitrogen functional groups attached to an aromatic ring is 1. The SMILES string of the molecule is C[C@@H]1OCC2(CCN(c3cnc(Sc4cccc(NC(=O)CCC(=O)NCCOCCOCCOCCOCCNc5cccc6cnn(C7CCC(=O)NC7=O)c(=O)c56)c4Cl)c(N)n3)CC2)[C@@H]1N. The molecule has 3 fully saturated rings. The van der Waals surface area contributed by atoms with Crippen LogP contribution >= 0.6 is 23.4 Å². The molecule has 2 aromatic heterocycles. The van der Waals surface area contributed by atoms with Gasteiger partial charge >= 0.3 is 0 Å². The van der Waals surface area contributed by atoms with E-state index >= 15 is 0 Å². The minimum atomic E-state index is -0.848. The van der Waals surface area contributed by atoms with Crippen molar-refractivity contribution in [3.8, 4) is 0 Å². The van der Waals surface area contributed by atoms with Crippen LogP contribution < -0.4 is 43.2 Å². The molecule has 0 radical (unpaired) electrons. The highest BCUT2D eigenvalue weighted by atomic mass is 35.5. The Morgan fingerprint density at radius 3 is 2.26 bits per heavy atom. The van der Waals surface area contributed by atoms with E-state index in [0.29, 0.717) is 102 Å². The molecule has 21 nitrogen and oxygen atoms in total. The molecular weight excluding hydrogens is 934 g/mol. The van der Waals surface area contributed by atoms with Gasteiger partial charge in [-0.05, 0) is 44.4 Å². The van der Waals surface area contributed by atoms with Gasteiger partial charge in [0.2, 0.25) is 17.7 Å². The van der Waals surface area contributed by atoms with Gasteiger partial charge in [0, 0.05) is 72.9 Å². The average molecular weight is 995 g/mol. The van der Waals surface area contributed by atoms with Gasteiger partial charge in [-0.1, -0.05) is 41.6 Å². The number of ether oxygens (including phenoxy) is 5. The topological polar surface area (TPSA) is 278 Å². The Kier molecular flexibility index (Phi) is 18.5. The molecule has 1 spiro atoms. The summed E-state index contributed by atoms with van der Waals surface area (Å²) in [5.41, 5.74) is 13.4. The van der Waals surface area contributed by atoms with E-state index in [-0.39, 0.29) is 79.9 Å². The van der Waals surface area contributed by atoms with Crippen LogP contribution in [0, 0.1) is 5.41 Å². The maximum absolute atomic E-state index is 13.3. The van der Waals surface area contributed by atoms with Crippen molar-refractivity contribution in [1.29, 1.82) is 0 Å². The first-order valence-corrected chi connectivity index (χ1v) is 24.3. The minimum absolute atomic E-state index is 0.00396. The standard InChI is InChI=1S/C46H60ClN11O10S/c1-29-41(48)46(28-68-29)12-16-57(17-13-46)35-27-52-44(42(49)55-35)69-34-7-3-6-32(40(34)47)54-37(60)11-10-36(59)51-15-19-65-21-23-67-25-24-66-22-20-64-18-14-50-31-5-2-4-30-26-53-58(45(63)39(30)31)33-8-9-38(61)56-43(33)62/h2-7,26-27,29,33,41,50H,8-25,28,48H2,1H3,(H2,49,55)(H,51,59)(H,54,60)(H,56,61,62)/t29-,33?,41+/m0/s1. The van der Waals surface area contributed by atoms with E-state index in [1.807, 2.05) is 6.92 Å². The van der Waals surface area contributed by atoms with E-state index in [4.69, 9.17) is 46.8 Å². The number of nitrogens with one attached hydrogen (secondary N) is 4. The van der Waals surface area contributed by atoms with E-state index < -0.39 is 17.5 Å². The molecule has 3 atom stereocenters. The van der Waals surface area contributed by atoms with Crippen molar-refractivity contribution in [2.45, 2.75) is 73.6 Å².